The van der Waals surface area contributed by atoms with Crippen molar-refractivity contribution in [1.82, 2.24) is 0 Å². The van der Waals surface area contributed by atoms with E-state index in [1.165, 1.54) is 12.1 Å². The highest BCUT2D eigenvalue weighted by Crippen LogP contribution is 2.28. The minimum absolute atomic E-state index is 0.0993. The van der Waals surface area contributed by atoms with Crippen molar-refractivity contribution in [3.05, 3.63) is 82.7 Å². The van der Waals surface area contributed by atoms with Gasteiger partial charge >= 0.3 is 5.97 Å². The summed E-state index contributed by atoms with van der Waals surface area (Å²) in [5.41, 5.74) is -0.375. The van der Waals surface area contributed by atoms with Crippen molar-refractivity contribution < 1.29 is 41.0 Å². The summed E-state index contributed by atoms with van der Waals surface area (Å²) >= 11 is 0. The van der Waals surface area contributed by atoms with Gasteiger partial charge in [-0.15, -0.1) is 0 Å². The number of carbonyl (C=O) groups excluding carboxylic acids is 1. The number of hydrogen-bond donors (Lipinski definition) is 0. The molecule has 9 heteroatoms. The molecule has 0 unspecified atom stereocenters. The Morgan fingerprint density at radius 2 is 1.59 bits per heavy atom. The molecule has 2 aromatic rings. The lowest BCUT2D eigenvalue weighted by atomic mass is 10.1. The molecule has 0 aliphatic carbocycles. The van der Waals surface area contributed by atoms with Gasteiger partial charge in [-0.2, -0.15) is 0 Å². The average Bonchev–Trinajstić information content (AvgIpc) is 2.83. The van der Waals surface area contributed by atoms with E-state index in [-0.39, 0.29) is 17.9 Å². The van der Waals surface area contributed by atoms with Crippen molar-refractivity contribution in [2.24, 2.45) is 0 Å². The van der Waals surface area contributed by atoms with Gasteiger partial charge in [-0.1, -0.05) is 24.3 Å². The minimum atomic E-state index is -2.29. The Morgan fingerprint density at radius 1 is 0.912 bits per heavy atom. The van der Waals surface area contributed by atoms with E-state index < -0.39 is 47.2 Å². The summed E-state index contributed by atoms with van der Waals surface area (Å²) in [5, 5.41) is 0. The van der Waals surface area contributed by atoms with Crippen molar-refractivity contribution in [2.45, 2.75) is 38.7 Å². The van der Waals surface area contributed by atoms with Crippen molar-refractivity contribution in [3.63, 3.8) is 0 Å². The maximum Gasteiger partial charge on any atom is 0.342 e. The lowest BCUT2D eigenvalue weighted by molar-refractivity contribution is 0.0456. The first-order valence-corrected chi connectivity index (χ1v) is 10.7. The van der Waals surface area contributed by atoms with Crippen molar-refractivity contribution in [1.29, 1.82) is 0 Å². The molecule has 0 aromatic heterocycles. The van der Waals surface area contributed by atoms with E-state index in [1.54, 1.807) is 6.07 Å². The average molecular weight is 482 g/mol. The molecule has 34 heavy (non-hydrogen) atoms. The third-order valence-corrected chi connectivity index (χ3v) is 5.11. The van der Waals surface area contributed by atoms with E-state index in [0.29, 0.717) is 25.2 Å². The van der Waals surface area contributed by atoms with Crippen LogP contribution in [0.25, 0.3) is 0 Å². The van der Waals surface area contributed by atoms with E-state index in [2.05, 4.69) is 6.58 Å². The van der Waals surface area contributed by atoms with Gasteiger partial charge in [0.05, 0.1) is 18.8 Å². The van der Waals surface area contributed by atoms with E-state index >= 15 is 0 Å². The van der Waals surface area contributed by atoms with Crippen LogP contribution in [-0.2, 0) is 11.3 Å². The fourth-order valence-corrected chi connectivity index (χ4v) is 3.25. The summed E-state index contributed by atoms with van der Waals surface area (Å²) in [6.45, 7) is 3.45. The fraction of sp³-hybridized carbons (Fsp3) is 0.320. The molecule has 0 radical (unpaired) electrons. The third-order valence-electron chi connectivity index (χ3n) is 5.11. The van der Waals surface area contributed by atoms with E-state index in [1.807, 2.05) is 12.2 Å². The molecule has 0 saturated heterocycles. The maximum absolute atomic E-state index is 13.9. The van der Waals surface area contributed by atoms with Crippen molar-refractivity contribution in [2.75, 3.05) is 13.2 Å². The molecule has 2 heterocycles. The summed E-state index contributed by atoms with van der Waals surface area (Å²) in [6.07, 6.45) is 7.79. The second-order valence-electron chi connectivity index (χ2n) is 7.64. The highest BCUT2D eigenvalue weighted by Gasteiger charge is 2.27. The van der Waals surface area contributed by atoms with Gasteiger partial charge in [-0.3, -0.25) is 0 Å². The number of hydrogen-bond acceptors (Lipinski definition) is 4. The third kappa shape index (κ3) is 6.15. The standard InChI is InChI=1S/C25H23F5O4/c1-15-7-4-2-3-5-11-33-19-10-9-16(32-12-6-8-15)13-17(19)25(31)34-14-18-20(26)22(28)24(30)23(29)21(18)27/h4,7,9-10,13H,1-3,5-6,8,11-12,14H2/b7-4-. The molecule has 2 aliphatic rings. The molecule has 0 saturated carbocycles. The van der Waals surface area contributed by atoms with Crippen LogP contribution in [0.2, 0.25) is 0 Å². The molecular formula is C25H23F5O4. The molecule has 4 rings (SSSR count). The van der Waals surface area contributed by atoms with Gasteiger partial charge in [0.15, 0.2) is 23.3 Å². The second kappa shape index (κ2) is 11.7. The van der Waals surface area contributed by atoms with Crippen LogP contribution in [0, 0.1) is 29.1 Å². The number of rotatable bonds is 3. The first-order chi connectivity index (χ1) is 16.3. The van der Waals surface area contributed by atoms with Crippen molar-refractivity contribution in [3.8, 4) is 11.5 Å². The molecule has 182 valence electrons. The quantitative estimate of drug-likeness (QED) is 0.215. The monoisotopic (exact) mass is 482 g/mol. The van der Waals surface area contributed by atoms with Crippen LogP contribution in [0.4, 0.5) is 22.0 Å². The number of carbonyl (C=O) groups is 1. The lowest BCUT2D eigenvalue weighted by Gasteiger charge is -2.14. The van der Waals surface area contributed by atoms with Gasteiger partial charge in [-0.25, -0.2) is 26.7 Å². The maximum atomic E-state index is 13.9. The van der Waals surface area contributed by atoms with Crippen LogP contribution in [0.15, 0.2) is 42.5 Å². The number of fused-ring (bicyclic) bond motifs is 12. The smallest absolute Gasteiger partial charge is 0.342 e. The summed E-state index contributed by atoms with van der Waals surface area (Å²) in [7, 11) is 0. The Labute approximate surface area is 193 Å². The molecular weight excluding hydrogens is 459 g/mol. The summed E-state index contributed by atoms with van der Waals surface area (Å²) in [5.74, 6) is -11.2. The fourth-order valence-electron chi connectivity index (χ4n) is 3.25. The number of esters is 1. The SMILES string of the molecule is C=C1/C=C\CCCCOc2ccc(cc2C(=O)OCc2c(F)c(F)c(F)c(F)c2F)OCCC1. The molecule has 2 aromatic carbocycles. The Kier molecular flexibility index (Phi) is 8.67. The summed E-state index contributed by atoms with van der Waals surface area (Å²) in [6, 6.07) is 4.43. The Hall–Kier alpha value is -3.36. The zero-order chi connectivity index (χ0) is 24.7. The zero-order valence-electron chi connectivity index (χ0n) is 18.3. The number of allylic oxidation sites excluding steroid dienone is 3. The van der Waals surface area contributed by atoms with Crippen LogP contribution < -0.4 is 9.47 Å². The van der Waals surface area contributed by atoms with Gasteiger partial charge < -0.3 is 14.2 Å². The number of benzene rings is 2. The Morgan fingerprint density at radius 3 is 2.32 bits per heavy atom. The number of ether oxygens (including phenoxy) is 3. The van der Waals surface area contributed by atoms with Crippen LogP contribution in [0.1, 0.15) is 48.0 Å². The predicted octanol–water partition coefficient (Wildman–Crippen LogP) is 6.57. The molecule has 0 spiro atoms. The second-order valence-corrected chi connectivity index (χ2v) is 7.64. The molecule has 2 bridgehead atoms. The first kappa shape index (κ1) is 25.3. The Balaban J connectivity index is 1.80. The van der Waals surface area contributed by atoms with Crippen LogP contribution in [0.5, 0.6) is 11.5 Å². The summed E-state index contributed by atoms with van der Waals surface area (Å²) < 4.78 is 84.1. The van der Waals surface area contributed by atoms with E-state index in [0.717, 1.165) is 24.8 Å². The lowest BCUT2D eigenvalue weighted by Crippen LogP contribution is -2.13. The topological polar surface area (TPSA) is 44.8 Å². The van der Waals surface area contributed by atoms with Gasteiger partial charge in [0.2, 0.25) is 5.82 Å². The predicted molar refractivity (Wildman–Crippen MR) is 114 cm³/mol. The summed E-state index contributed by atoms with van der Waals surface area (Å²) in [4.78, 5) is 12.7. The minimum Gasteiger partial charge on any atom is -0.494 e. The molecule has 0 atom stereocenters. The largest absolute Gasteiger partial charge is 0.494 e. The molecule has 0 fully saturated rings. The normalized spacial score (nSPS) is 16.0. The van der Waals surface area contributed by atoms with Gasteiger partial charge in [-0.05, 0) is 50.3 Å². The van der Waals surface area contributed by atoms with Crippen LogP contribution in [-0.4, -0.2) is 19.2 Å². The van der Waals surface area contributed by atoms with Crippen LogP contribution >= 0.6 is 0 Å². The zero-order valence-corrected chi connectivity index (χ0v) is 18.3. The highest BCUT2D eigenvalue weighted by atomic mass is 19.2. The molecule has 0 N–H and O–H groups in total. The van der Waals surface area contributed by atoms with Gasteiger partial charge in [0.1, 0.15) is 23.7 Å². The van der Waals surface area contributed by atoms with E-state index in [4.69, 9.17) is 14.2 Å². The Bertz CT molecular complexity index is 1070. The molecule has 0 amide bonds. The van der Waals surface area contributed by atoms with Gasteiger partial charge in [0.25, 0.3) is 0 Å². The van der Waals surface area contributed by atoms with Gasteiger partial charge in [0, 0.05) is 0 Å². The van der Waals surface area contributed by atoms with E-state index in [9.17, 15) is 26.7 Å². The molecule has 4 nitrogen and oxygen atoms in total. The van der Waals surface area contributed by atoms with Crippen molar-refractivity contribution >= 4 is 5.97 Å². The number of halogens is 5. The first-order valence-electron chi connectivity index (χ1n) is 10.7. The van der Waals surface area contributed by atoms with Crippen LogP contribution in [0.3, 0.4) is 0 Å². The molecule has 2 aliphatic heterocycles. The highest BCUT2D eigenvalue weighted by molar-refractivity contribution is 5.93.